The van der Waals surface area contributed by atoms with E-state index < -0.39 is 6.10 Å². The van der Waals surface area contributed by atoms with Gasteiger partial charge in [-0.3, -0.25) is 4.79 Å². The summed E-state index contributed by atoms with van der Waals surface area (Å²) in [5.41, 5.74) is 0.963. The second-order valence-corrected chi connectivity index (χ2v) is 5.08. The molecule has 0 aromatic heterocycles. The number of benzene rings is 2. The van der Waals surface area contributed by atoms with Crippen molar-refractivity contribution in [2.45, 2.75) is 19.4 Å². The Bertz CT molecular complexity index is 643. The lowest BCUT2D eigenvalue weighted by Gasteiger charge is -2.16. The second kappa shape index (κ2) is 8.17. The van der Waals surface area contributed by atoms with Gasteiger partial charge in [0.05, 0.1) is 7.11 Å². The molecular formula is C18H20FNO3. The summed E-state index contributed by atoms with van der Waals surface area (Å²) in [6, 6.07) is 13.4. The summed E-state index contributed by atoms with van der Waals surface area (Å²) in [4.78, 5) is 12.1. The zero-order valence-corrected chi connectivity index (χ0v) is 13.2. The van der Waals surface area contributed by atoms with E-state index in [1.165, 1.54) is 12.1 Å². The lowest BCUT2D eigenvalue weighted by atomic mass is 10.1. The second-order valence-electron chi connectivity index (χ2n) is 5.08. The number of para-hydroxylation sites is 2. The summed E-state index contributed by atoms with van der Waals surface area (Å²) < 4.78 is 23.6. The Hall–Kier alpha value is -2.56. The van der Waals surface area contributed by atoms with Crippen molar-refractivity contribution in [2.75, 3.05) is 13.7 Å². The lowest BCUT2D eigenvalue weighted by Crippen LogP contribution is -2.37. The highest BCUT2D eigenvalue weighted by molar-refractivity contribution is 5.80. The Morgan fingerprint density at radius 3 is 2.43 bits per heavy atom. The smallest absolute Gasteiger partial charge is 0.260 e. The van der Waals surface area contributed by atoms with Crippen molar-refractivity contribution in [1.82, 2.24) is 5.32 Å². The Morgan fingerprint density at radius 2 is 1.78 bits per heavy atom. The van der Waals surface area contributed by atoms with Crippen molar-refractivity contribution in [3.8, 4) is 11.5 Å². The minimum absolute atomic E-state index is 0.210. The number of hydrogen-bond acceptors (Lipinski definition) is 3. The highest BCUT2D eigenvalue weighted by atomic mass is 19.1. The number of methoxy groups -OCH3 is 1. The van der Waals surface area contributed by atoms with Gasteiger partial charge in [-0.05, 0) is 43.2 Å². The average molecular weight is 317 g/mol. The zero-order chi connectivity index (χ0) is 16.7. The van der Waals surface area contributed by atoms with E-state index in [0.717, 1.165) is 5.56 Å². The molecule has 1 N–H and O–H groups in total. The molecule has 5 heteroatoms. The summed E-state index contributed by atoms with van der Waals surface area (Å²) in [7, 11) is 1.55. The summed E-state index contributed by atoms with van der Waals surface area (Å²) in [6.07, 6.45) is -0.00700. The molecule has 0 radical (unpaired) electrons. The molecule has 0 saturated heterocycles. The molecule has 0 aliphatic carbocycles. The van der Waals surface area contributed by atoms with Gasteiger partial charge in [-0.25, -0.2) is 4.39 Å². The molecular weight excluding hydrogens is 297 g/mol. The quantitative estimate of drug-likeness (QED) is 0.854. The zero-order valence-electron chi connectivity index (χ0n) is 13.2. The molecule has 0 heterocycles. The van der Waals surface area contributed by atoms with Crippen molar-refractivity contribution in [1.29, 1.82) is 0 Å². The van der Waals surface area contributed by atoms with Crippen LogP contribution in [0.1, 0.15) is 12.5 Å². The van der Waals surface area contributed by atoms with Crippen LogP contribution in [0.5, 0.6) is 11.5 Å². The van der Waals surface area contributed by atoms with Crippen molar-refractivity contribution in [3.05, 3.63) is 59.9 Å². The predicted octanol–water partition coefficient (Wildman–Crippen LogP) is 2.96. The fourth-order valence-electron chi connectivity index (χ4n) is 2.08. The fraction of sp³-hybridized carbons (Fsp3) is 0.278. The first-order valence-electron chi connectivity index (χ1n) is 7.42. The maximum atomic E-state index is 12.8. The summed E-state index contributed by atoms with van der Waals surface area (Å²) in [5.74, 6) is 0.629. The molecule has 0 aliphatic rings. The number of amides is 1. The largest absolute Gasteiger partial charge is 0.493 e. The molecule has 0 fully saturated rings. The molecule has 0 aliphatic heterocycles. The van der Waals surface area contributed by atoms with Crippen LogP contribution in [-0.2, 0) is 11.2 Å². The number of hydrogen-bond donors (Lipinski definition) is 1. The molecule has 23 heavy (non-hydrogen) atoms. The highest BCUT2D eigenvalue weighted by Crippen LogP contribution is 2.26. The van der Waals surface area contributed by atoms with Crippen LogP contribution in [-0.4, -0.2) is 25.7 Å². The van der Waals surface area contributed by atoms with Crippen LogP contribution < -0.4 is 14.8 Å². The monoisotopic (exact) mass is 317 g/mol. The first-order chi connectivity index (χ1) is 11.1. The number of nitrogens with one attached hydrogen (secondary N) is 1. The molecule has 4 nitrogen and oxygen atoms in total. The number of rotatable bonds is 7. The average Bonchev–Trinajstić information content (AvgIpc) is 2.57. The van der Waals surface area contributed by atoms with Gasteiger partial charge < -0.3 is 14.8 Å². The molecule has 1 amide bonds. The van der Waals surface area contributed by atoms with Crippen LogP contribution >= 0.6 is 0 Å². The topological polar surface area (TPSA) is 47.6 Å². The predicted molar refractivity (Wildman–Crippen MR) is 86.2 cm³/mol. The van der Waals surface area contributed by atoms with E-state index in [9.17, 15) is 9.18 Å². The summed E-state index contributed by atoms with van der Waals surface area (Å²) >= 11 is 0. The molecule has 2 rings (SSSR count). The number of ether oxygens (including phenoxy) is 2. The number of carbonyl (C=O) groups is 1. The van der Waals surface area contributed by atoms with E-state index in [-0.39, 0.29) is 11.7 Å². The number of halogens is 1. The van der Waals surface area contributed by atoms with Crippen molar-refractivity contribution in [3.63, 3.8) is 0 Å². The van der Waals surface area contributed by atoms with Crippen LogP contribution in [0.2, 0.25) is 0 Å². The summed E-state index contributed by atoms with van der Waals surface area (Å²) in [5, 5.41) is 2.80. The molecule has 122 valence electrons. The van der Waals surface area contributed by atoms with E-state index in [2.05, 4.69) is 5.32 Å². The van der Waals surface area contributed by atoms with Gasteiger partial charge in [0.25, 0.3) is 5.91 Å². The van der Waals surface area contributed by atoms with Gasteiger partial charge in [0.2, 0.25) is 0 Å². The molecule has 2 aromatic carbocycles. The van der Waals surface area contributed by atoms with Crippen LogP contribution in [0, 0.1) is 5.82 Å². The first-order valence-corrected chi connectivity index (χ1v) is 7.42. The third-order valence-corrected chi connectivity index (χ3v) is 3.37. The Balaban J connectivity index is 1.81. The van der Waals surface area contributed by atoms with Crippen molar-refractivity contribution in [2.24, 2.45) is 0 Å². The van der Waals surface area contributed by atoms with Crippen LogP contribution in [0.3, 0.4) is 0 Å². The molecule has 0 bridgehead atoms. The van der Waals surface area contributed by atoms with E-state index in [1.807, 2.05) is 12.1 Å². The van der Waals surface area contributed by atoms with Gasteiger partial charge in [-0.2, -0.15) is 0 Å². The van der Waals surface area contributed by atoms with Gasteiger partial charge in [0, 0.05) is 6.54 Å². The first kappa shape index (κ1) is 16.8. The normalized spacial score (nSPS) is 11.6. The van der Waals surface area contributed by atoms with E-state index in [0.29, 0.717) is 24.5 Å². The van der Waals surface area contributed by atoms with Gasteiger partial charge in [-0.15, -0.1) is 0 Å². The van der Waals surface area contributed by atoms with Gasteiger partial charge in [0.1, 0.15) is 5.82 Å². The molecule has 2 aromatic rings. The van der Waals surface area contributed by atoms with Gasteiger partial charge >= 0.3 is 0 Å². The minimum atomic E-state index is -0.639. The minimum Gasteiger partial charge on any atom is -0.493 e. The maximum Gasteiger partial charge on any atom is 0.260 e. The fourth-order valence-corrected chi connectivity index (χ4v) is 2.08. The standard InChI is InChI=1S/C18H20FNO3/c1-13(23-17-6-4-3-5-16(17)22-2)18(21)20-12-11-14-7-9-15(19)10-8-14/h3-10,13H,11-12H2,1-2H3,(H,20,21)/t13-/m0/s1. The van der Waals surface area contributed by atoms with Crippen LogP contribution in [0.25, 0.3) is 0 Å². The SMILES string of the molecule is COc1ccccc1O[C@@H](C)C(=O)NCCc1ccc(F)cc1. The van der Waals surface area contributed by atoms with Gasteiger partial charge in [0.15, 0.2) is 17.6 Å². The summed E-state index contributed by atoms with van der Waals surface area (Å²) in [6.45, 7) is 2.14. The van der Waals surface area contributed by atoms with E-state index in [1.54, 1.807) is 38.3 Å². The van der Waals surface area contributed by atoms with Crippen molar-refractivity contribution >= 4 is 5.91 Å². The van der Waals surface area contributed by atoms with E-state index in [4.69, 9.17) is 9.47 Å². The molecule has 0 spiro atoms. The number of carbonyl (C=O) groups excluding carboxylic acids is 1. The Morgan fingerprint density at radius 1 is 1.13 bits per heavy atom. The van der Waals surface area contributed by atoms with Crippen molar-refractivity contribution < 1.29 is 18.7 Å². The Labute approximate surface area is 135 Å². The Kier molecular flexibility index (Phi) is 5.97. The van der Waals surface area contributed by atoms with Crippen LogP contribution in [0.15, 0.2) is 48.5 Å². The molecule has 0 unspecified atom stereocenters. The molecule has 1 atom stereocenters. The lowest BCUT2D eigenvalue weighted by molar-refractivity contribution is -0.127. The van der Waals surface area contributed by atoms with Gasteiger partial charge in [-0.1, -0.05) is 24.3 Å². The highest BCUT2D eigenvalue weighted by Gasteiger charge is 2.16. The third-order valence-electron chi connectivity index (χ3n) is 3.37. The third kappa shape index (κ3) is 4.98. The van der Waals surface area contributed by atoms with Crippen LogP contribution in [0.4, 0.5) is 4.39 Å². The molecule has 0 saturated carbocycles. The maximum absolute atomic E-state index is 12.8. The van der Waals surface area contributed by atoms with E-state index >= 15 is 0 Å².